The largest absolute Gasteiger partial charge is 0.394 e. The minimum atomic E-state index is -1.61. The van der Waals surface area contributed by atoms with Crippen molar-refractivity contribution in [3.8, 4) is 0 Å². The first-order chi connectivity index (χ1) is 25.2. The molecule has 52 heavy (non-hydrogen) atoms. The highest BCUT2D eigenvalue weighted by molar-refractivity contribution is 9.10. The van der Waals surface area contributed by atoms with Crippen LogP contribution < -0.4 is 5.32 Å². The molecule has 7 N–H and O–H groups in total. The average Bonchev–Trinajstić information content (AvgIpc) is 3.14. The molecule has 2 rings (SSSR count). The van der Waals surface area contributed by atoms with Gasteiger partial charge in [0, 0.05) is 10.9 Å². The summed E-state index contributed by atoms with van der Waals surface area (Å²) < 4.78 is 12.2. The third kappa shape index (κ3) is 20.0. The van der Waals surface area contributed by atoms with E-state index in [4.69, 9.17) is 9.47 Å². The highest BCUT2D eigenvalue weighted by Crippen LogP contribution is 2.23. The maximum absolute atomic E-state index is 13.0. The van der Waals surface area contributed by atoms with Crippen LogP contribution >= 0.6 is 15.9 Å². The van der Waals surface area contributed by atoms with Crippen LogP contribution in [0.2, 0.25) is 0 Å². The Morgan fingerprint density at radius 1 is 0.750 bits per heavy atom. The second-order valence-corrected chi connectivity index (χ2v) is 15.8. The monoisotopic (exact) mass is 801 g/mol. The summed E-state index contributed by atoms with van der Waals surface area (Å²) in [5.41, 5.74) is 1.37. The highest BCUT2D eigenvalue weighted by atomic mass is 79.9. The Bertz CT molecular complexity index is 1020. The number of hydrogen-bond donors (Lipinski definition) is 7. The lowest BCUT2D eigenvalue weighted by molar-refractivity contribution is -0.303. The van der Waals surface area contributed by atoms with Gasteiger partial charge in [-0.15, -0.1) is 0 Å². The predicted molar refractivity (Wildman–Crippen MR) is 209 cm³/mol. The number of nitrogens with one attached hydrogen (secondary N) is 1. The van der Waals surface area contributed by atoms with Gasteiger partial charge in [-0.3, -0.25) is 4.79 Å². The van der Waals surface area contributed by atoms with Crippen molar-refractivity contribution in [2.24, 2.45) is 0 Å². The van der Waals surface area contributed by atoms with Crippen LogP contribution in [0.1, 0.15) is 154 Å². The molecule has 0 unspecified atom stereocenters. The van der Waals surface area contributed by atoms with Crippen LogP contribution in [-0.4, -0.2) is 98.7 Å². The molecule has 1 saturated heterocycles. The molecule has 1 aromatic rings. The smallest absolute Gasteiger partial charge is 0.220 e. The quantitative estimate of drug-likeness (QED) is 0.0409. The number of carbonyl (C=O) groups is 1. The third-order valence-corrected chi connectivity index (χ3v) is 10.9. The number of aliphatic hydroxyl groups is 6. The van der Waals surface area contributed by atoms with Gasteiger partial charge >= 0.3 is 0 Å². The van der Waals surface area contributed by atoms with Crippen LogP contribution in [0.15, 0.2) is 28.7 Å². The molecular weight excluding hydrogens is 730 g/mol. The van der Waals surface area contributed by atoms with Crippen LogP contribution in [-0.2, 0) is 20.7 Å². The van der Waals surface area contributed by atoms with E-state index in [0.717, 1.165) is 55.8 Å². The van der Waals surface area contributed by atoms with Crippen molar-refractivity contribution in [2.75, 3.05) is 13.2 Å². The molecule has 1 heterocycles. The molecule has 0 saturated carbocycles. The van der Waals surface area contributed by atoms with Gasteiger partial charge in [-0.2, -0.15) is 0 Å². The van der Waals surface area contributed by atoms with Crippen molar-refractivity contribution in [1.29, 1.82) is 0 Å². The summed E-state index contributed by atoms with van der Waals surface area (Å²) in [6.45, 7) is 1.32. The van der Waals surface area contributed by atoms with Crippen LogP contribution in [0.25, 0.3) is 0 Å². The Labute approximate surface area is 322 Å². The standard InChI is InChI=1S/C41H72BrNO9/c1-2-3-4-5-6-7-8-9-10-14-17-20-23-34(45)37(47)33(30-51-41-40(50)39(49)38(48)35(29-44)52-41)43-36(46)24-21-18-15-12-11-13-16-19-22-31-25-27-32(42)28-26-31/h25-28,33-35,37-41,44-45,47-50H,2-24,29-30H2,1H3,(H,43,46)/t33-,34+,35+,37-,38-,39-,40+,41-/m0/s1. The molecule has 0 spiro atoms. The first-order valence-electron chi connectivity index (χ1n) is 20.5. The topological polar surface area (TPSA) is 169 Å². The number of carbonyl (C=O) groups excluding carboxylic acids is 1. The second kappa shape index (κ2) is 29.2. The van der Waals surface area contributed by atoms with E-state index in [1.807, 2.05) is 0 Å². The van der Waals surface area contributed by atoms with Gasteiger partial charge in [-0.05, 0) is 43.4 Å². The van der Waals surface area contributed by atoms with Gasteiger partial charge < -0.3 is 45.4 Å². The van der Waals surface area contributed by atoms with Crippen LogP contribution in [0.3, 0.4) is 0 Å². The summed E-state index contributed by atoms with van der Waals surface area (Å²) in [7, 11) is 0. The molecule has 1 aliphatic heterocycles. The Balaban J connectivity index is 1.72. The van der Waals surface area contributed by atoms with Crippen molar-refractivity contribution in [3.05, 3.63) is 34.3 Å². The van der Waals surface area contributed by atoms with Gasteiger partial charge in [-0.25, -0.2) is 0 Å². The van der Waals surface area contributed by atoms with Gasteiger partial charge in [0.15, 0.2) is 6.29 Å². The lowest BCUT2D eigenvalue weighted by Crippen LogP contribution is -2.60. The Hall–Kier alpha value is -1.15. The van der Waals surface area contributed by atoms with E-state index in [0.29, 0.717) is 12.8 Å². The number of benzene rings is 1. The molecule has 1 fully saturated rings. The third-order valence-electron chi connectivity index (χ3n) is 10.3. The number of aliphatic hydroxyl groups excluding tert-OH is 6. The van der Waals surface area contributed by atoms with E-state index >= 15 is 0 Å². The molecule has 0 bridgehead atoms. The van der Waals surface area contributed by atoms with E-state index in [1.54, 1.807) is 0 Å². The molecule has 10 nitrogen and oxygen atoms in total. The number of ether oxygens (including phenoxy) is 2. The van der Waals surface area contributed by atoms with Gasteiger partial charge in [0.1, 0.15) is 30.5 Å². The van der Waals surface area contributed by atoms with E-state index < -0.39 is 55.6 Å². The SMILES string of the molecule is CCCCCCCCCCCCCC[C@@H](O)[C@@H](O)[C@H](CO[C@H]1O[C@H](CO)[C@H](O)[C@H](O)[C@H]1O)NC(=O)CCCCCCCCCCc1ccc(Br)cc1. The van der Waals surface area contributed by atoms with Gasteiger partial charge in [0.05, 0.1) is 25.4 Å². The molecule has 302 valence electrons. The lowest BCUT2D eigenvalue weighted by Gasteiger charge is -2.40. The lowest BCUT2D eigenvalue weighted by atomic mass is 9.98. The minimum Gasteiger partial charge on any atom is -0.394 e. The van der Waals surface area contributed by atoms with E-state index in [9.17, 15) is 35.4 Å². The zero-order valence-electron chi connectivity index (χ0n) is 31.9. The van der Waals surface area contributed by atoms with Crippen molar-refractivity contribution < 1.29 is 44.9 Å². The van der Waals surface area contributed by atoms with Gasteiger partial charge in [-0.1, -0.05) is 151 Å². The van der Waals surface area contributed by atoms with Crippen LogP contribution in [0.4, 0.5) is 0 Å². The summed E-state index contributed by atoms with van der Waals surface area (Å²) in [5, 5.41) is 65.0. The average molecular weight is 803 g/mol. The minimum absolute atomic E-state index is 0.269. The Kier molecular flexibility index (Phi) is 26.4. The molecular formula is C41H72BrNO9. The number of unbranched alkanes of at least 4 members (excludes halogenated alkanes) is 18. The van der Waals surface area contributed by atoms with Gasteiger partial charge in [0.2, 0.25) is 5.91 Å². The fourth-order valence-electron chi connectivity index (χ4n) is 6.87. The molecule has 1 aromatic carbocycles. The summed E-state index contributed by atoms with van der Waals surface area (Å²) >= 11 is 3.48. The summed E-state index contributed by atoms with van der Waals surface area (Å²) in [6.07, 6.45) is 14.9. The number of rotatable bonds is 31. The first-order valence-corrected chi connectivity index (χ1v) is 21.3. The number of hydrogen-bond acceptors (Lipinski definition) is 9. The molecule has 1 aliphatic rings. The number of amides is 1. The number of aryl methyl sites for hydroxylation is 1. The molecule has 1 amide bonds. The van der Waals surface area contributed by atoms with E-state index in [-0.39, 0.29) is 18.9 Å². The Morgan fingerprint density at radius 2 is 1.27 bits per heavy atom. The maximum Gasteiger partial charge on any atom is 0.220 e. The van der Waals surface area contributed by atoms with Crippen molar-refractivity contribution in [2.45, 2.75) is 204 Å². The highest BCUT2D eigenvalue weighted by Gasteiger charge is 2.44. The fraction of sp³-hybridized carbons (Fsp3) is 0.829. The first kappa shape index (κ1) is 47.0. The van der Waals surface area contributed by atoms with E-state index in [1.165, 1.54) is 82.6 Å². The van der Waals surface area contributed by atoms with Crippen molar-refractivity contribution >= 4 is 21.8 Å². The zero-order valence-corrected chi connectivity index (χ0v) is 33.5. The van der Waals surface area contributed by atoms with E-state index in [2.05, 4.69) is 52.4 Å². The van der Waals surface area contributed by atoms with Crippen molar-refractivity contribution in [1.82, 2.24) is 5.32 Å². The Morgan fingerprint density at radius 3 is 1.83 bits per heavy atom. The van der Waals surface area contributed by atoms with Crippen LogP contribution in [0, 0.1) is 0 Å². The zero-order chi connectivity index (χ0) is 38.0. The molecule has 11 heteroatoms. The summed E-state index contributed by atoms with van der Waals surface area (Å²) in [5.74, 6) is -0.271. The summed E-state index contributed by atoms with van der Waals surface area (Å²) in [6, 6.07) is 7.50. The second-order valence-electron chi connectivity index (χ2n) is 14.9. The predicted octanol–water partition coefficient (Wildman–Crippen LogP) is 6.62. The molecule has 0 radical (unpaired) electrons. The maximum atomic E-state index is 13.0. The summed E-state index contributed by atoms with van der Waals surface area (Å²) in [4.78, 5) is 13.0. The van der Waals surface area contributed by atoms with Gasteiger partial charge in [0.25, 0.3) is 0 Å². The van der Waals surface area contributed by atoms with Crippen molar-refractivity contribution in [3.63, 3.8) is 0 Å². The normalized spacial score (nSPS) is 22.3. The number of halogens is 1. The molecule has 8 atom stereocenters. The van der Waals surface area contributed by atoms with Crippen LogP contribution in [0.5, 0.6) is 0 Å². The fourth-order valence-corrected chi connectivity index (χ4v) is 7.13. The molecule has 0 aromatic heterocycles. The molecule has 0 aliphatic carbocycles.